The van der Waals surface area contributed by atoms with Crippen LogP contribution in [-0.2, 0) is 20.4 Å². The normalized spacial score (nSPS) is 15.9. The third-order valence-corrected chi connectivity index (χ3v) is 5.85. The van der Waals surface area contributed by atoms with Crippen LogP contribution in [0.5, 0.6) is 0 Å². The first kappa shape index (κ1) is 16.6. The predicted octanol–water partition coefficient (Wildman–Crippen LogP) is 1.63. The van der Waals surface area contributed by atoms with E-state index in [1.54, 1.807) is 0 Å². The summed E-state index contributed by atoms with van der Waals surface area (Å²) in [6, 6.07) is 7.59. The monoisotopic (exact) mass is 349 g/mol. The summed E-state index contributed by atoms with van der Waals surface area (Å²) in [5, 5.41) is 5.29. The molecule has 1 aliphatic carbocycles. The van der Waals surface area contributed by atoms with Crippen LogP contribution in [0, 0.1) is 6.92 Å². The van der Waals surface area contributed by atoms with Gasteiger partial charge in [-0.1, -0.05) is 22.9 Å². The molecular weight excluding hydrogens is 330 g/mol. The van der Waals surface area contributed by atoms with Crippen molar-refractivity contribution in [2.45, 2.75) is 43.7 Å². The van der Waals surface area contributed by atoms with Gasteiger partial charge in [0.2, 0.25) is 5.91 Å². The number of carbonyl (C=O) groups is 1. The number of nitrogens with zero attached hydrogens (tertiary/aromatic N) is 2. The molecule has 1 heterocycles. The molecule has 1 amide bonds. The third-order valence-electron chi connectivity index (χ3n) is 3.90. The number of benzene rings is 1. The first-order chi connectivity index (χ1) is 11.3. The van der Waals surface area contributed by atoms with Crippen molar-refractivity contribution in [1.29, 1.82) is 0 Å². The number of aryl methyl sites for hydroxylation is 1. The van der Waals surface area contributed by atoms with Gasteiger partial charge in [0.25, 0.3) is 5.89 Å². The molecule has 0 spiro atoms. The fourth-order valence-corrected chi connectivity index (χ4v) is 3.34. The van der Waals surface area contributed by atoms with Crippen LogP contribution >= 0.6 is 0 Å². The number of aromatic nitrogens is 2. The molecule has 0 radical (unpaired) electrons. The van der Waals surface area contributed by atoms with Gasteiger partial charge in [0.05, 0.1) is 0 Å². The first-order valence-corrected chi connectivity index (χ1v) is 9.48. The van der Waals surface area contributed by atoms with E-state index in [2.05, 4.69) is 15.5 Å². The van der Waals surface area contributed by atoms with Gasteiger partial charge >= 0.3 is 0 Å². The maximum Gasteiger partial charge on any atom is 0.257 e. The molecule has 0 saturated heterocycles. The molecule has 0 bridgehead atoms. The molecule has 1 N–H and O–H groups in total. The fourth-order valence-electron chi connectivity index (χ4n) is 2.22. The van der Waals surface area contributed by atoms with E-state index in [1.807, 2.05) is 31.2 Å². The molecule has 24 heavy (non-hydrogen) atoms. The molecule has 7 nitrogen and oxygen atoms in total. The van der Waals surface area contributed by atoms with E-state index in [9.17, 15) is 13.2 Å². The van der Waals surface area contributed by atoms with Crippen LogP contribution in [0.15, 0.2) is 28.8 Å². The van der Waals surface area contributed by atoms with E-state index in [-0.39, 0.29) is 17.8 Å². The van der Waals surface area contributed by atoms with E-state index < -0.39 is 26.7 Å². The Balaban J connectivity index is 1.72. The van der Waals surface area contributed by atoms with Crippen molar-refractivity contribution in [1.82, 2.24) is 15.5 Å². The SMILES string of the molecule is Cc1cccc(-c2nc(CS(=O)(=O)[C@H](C)C(=O)NC3CC3)no2)c1. The quantitative estimate of drug-likeness (QED) is 0.850. The summed E-state index contributed by atoms with van der Waals surface area (Å²) in [5.41, 5.74) is 1.76. The predicted molar refractivity (Wildman–Crippen MR) is 87.7 cm³/mol. The standard InChI is InChI=1S/C16H19N3O4S/c1-10-4-3-5-12(8-10)16-18-14(19-23-16)9-24(21,22)11(2)15(20)17-13-6-7-13/h3-5,8,11,13H,6-7,9H2,1-2H3,(H,17,20)/t11-/m1/s1. The highest BCUT2D eigenvalue weighted by Gasteiger charge is 2.33. The van der Waals surface area contributed by atoms with E-state index in [0.717, 1.165) is 24.0 Å². The van der Waals surface area contributed by atoms with Gasteiger partial charge in [0.1, 0.15) is 11.0 Å². The molecule has 8 heteroatoms. The average Bonchev–Trinajstić information content (AvgIpc) is 3.22. The maximum absolute atomic E-state index is 12.4. The molecule has 2 aromatic rings. The summed E-state index contributed by atoms with van der Waals surface area (Å²) < 4.78 is 29.9. The minimum absolute atomic E-state index is 0.0533. The molecule has 1 saturated carbocycles. The minimum Gasteiger partial charge on any atom is -0.352 e. The smallest absolute Gasteiger partial charge is 0.257 e. The Morgan fingerprint density at radius 2 is 2.17 bits per heavy atom. The van der Waals surface area contributed by atoms with Crippen molar-refractivity contribution in [2.24, 2.45) is 0 Å². The van der Waals surface area contributed by atoms with Crippen molar-refractivity contribution in [3.63, 3.8) is 0 Å². The minimum atomic E-state index is -3.70. The molecule has 0 aliphatic heterocycles. The molecule has 1 aliphatic rings. The molecule has 1 aromatic heterocycles. The third kappa shape index (κ3) is 3.81. The largest absolute Gasteiger partial charge is 0.352 e. The highest BCUT2D eigenvalue weighted by molar-refractivity contribution is 7.92. The van der Waals surface area contributed by atoms with Gasteiger partial charge in [-0.25, -0.2) is 8.42 Å². The highest BCUT2D eigenvalue weighted by atomic mass is 32.2. The van der Waals surface area contributed by atoms with Gasteiger partial charge in [-0.05, 0) is 38.8 Å². The molecule has 128 valence electrons. The lowest BCUT2D eigenvalue weighted by Gasteiger charge is -2.11. The summed E-state index contributed by atoms with van der Waals surface area (Å²) in [6.45, 7) is 3.32. The van der Waals surface area contributed by atoms with E-state index >= 15 is 0 Å². The Kier molecular flexibility index (Phi) is 4.40. The van der Waals surface area contributed by atoms with E-state index in [0.29, 0.717) is 0 Å². The summed E-state index contributed by atoms with van der Waals surface area (Å²) in [4.78, 5) is 16.1. The summed E-state index contributed by atoms with van der Waals surface area (Å²) in [5.74, 6) is -0.585. The van der Waals surface area contributed by atoms with E-state index in [1.165, 1.54) is 6.92 Å². The van der Waals surface area contributed by atoms with Gasteiger partial charge in [-0.3, -0.25) is 4.79 Å². The molecular formula is C16H19N3O4S. The Labute approximate surface area is 140 Å². The lowest BCUT2D eigenvalue weighted by molar-refractivity contribution is -0.120. The maximum atomic E-state index is 12.4. The van der Waals surface area contributed by atoms with Crippen LogP contribution in [0.3, 0.4) is 0 Å². The second-order valence-electron chi connectivity index (χ2n) is 6.12. The highest BCUT2D eigenvalue weighted by Crippen LogP contribution is 2.21. The summed E-state index contributed by atoms with van der Waals surface area (Å²) in [7, 11) is -3.70. The molecule has 0 unspecified atom stereocenters. The van der Waals surface area contributed by atoms with E-state index in [4.69, 9.17) is 4.52 Å². The van der Waals surface area contributed by atoms with Gasteiger partial charge in [0, 0.05) is 11.6 Å². The zero-order valence-corrected chi connectivity index (χ0v) is 14.3. The van der Waals surface area contributed by atoms with Gasteiger partial charge < -0.3 is 9.84 Å². The first-order valence-electron chi connectivity index (χ1n) is 7.77. The van der Waals surface area contributed by atoms with Gasteiger partial charge in [-0.2, -0.15) is 4.98 Å². The van der Waals surface area contributed by atoms with Crippen LogP contribution in [0.1, 0.15) is 31.2 Å². The lowest BCUT2D eigenvalue weighted by atomic mass is 10.1. The van der Waals surface area contributed by atoms with Crippen molar-refractivity contribution in [2.75, 3.05) is 0 Å². The second-order valence-corrected chi connectivity index (χ2v) is 8.44. The Bertz CT molecular complexity index is 856. The van der Waals surface area contributed by atoms with Crippen LogP contribution in [-0.4, -0.2) is 35.8 Å². The van der Waals surface area contributed by atoms with Crippen molar-refractivity contribution in [3.8, 4) is 11.5 Å². The van der Waals surface area contributed by atoms with Crippen LogP contribution in [0.25, 0.3) is 11.5 Å². The fraction of sp³-hybridized carbons (Fsp3) is 0.438. The van der Waals surface area contributed by atoms with Crippen LogP contribution in [0.2, 0.25) is 0 Å². The average molecular weight is 349 g/mol. The number of rotatable bonds is 6. The van der Waals surface area contributed by atoms with Gasteiger partial charge in [0.15, 0.2) is 15.7 Å². The number of carbonyl (C=O) groups excluding carboxylic acids is 1. The van der Waals surface area contributed by atoms with Crippen LogP contribution in [0.4, 0.5) is 0 Å². The number of amides is 1. The topological polar surface area (TPSA) is 102 Å². The number of hydrogen-bond acceptors (Lipinski definition) is 6. The summed E-state index contributed by atoms with van der Waals surface area (Å²) >= 11 is 0. The zero-order chi connectivity index (χ0) is 17.3. The summed E-state index contributed by atoms with van der Waals surface area (Å²) in [6.07, 6.45) is 1.81. The zero-order valence-electron chi connectivity index (χ0n) is 13.5. The number of sulfone groups is 1. The van der Waals surface area contributed by atoms with Crippen molar-refractivity contribution < 1.29 is 17.7 Å². The number of hydrogen-bond donors (Lipinski definition) is 1. The van der Waals surface area contributed by atoms with Gasteiger partial charge in [-0.15, -0.1) is 0 Å². The molecule has 1 fully saturated rings. The van der Waals surface area contributed by atoms with Crippen LogP contribution < -0.4 is 5.32 Å². The van der Waals surface area contributed by atoms with Crippen molar-refractivity contribution in [3.05, 3.63) is 35.7 Å². The second kappa shape index (κ2) is 6.35. The Hall–Kier alpha value is -2.22. The molecule has 1 atom stereocenters. The Morgan fingerprint density at radius 3 is 2.83 bits per heavy atom. The van der Waals surface area contributed by atoms with Crippen molar-refractivity contribution >= 4 is 15.7 Å². The molecule has 3 rings (SSSR count). The number of nitrogens with one attached hydrogen (secondary N) is 1. The molecule has 1 aromatic carbocycles. The Morgan fingerprint density at radius 1 is 1.42 bits per heavy atom. The lowest BCUT2D eigenvalue weighted by Crippen LogP contribution is -2.39.